The molecule has 120 valence electrons. The van der Waals surface area contributed by atoms with E-state index in [-0.39, 0.29) is 24.3 Å². The Morgan fingerprint density at radius 2 is 1.65 bits per heavy atom. The van der Waals surface area contributed by atoms with Crippen molar-refractivity contribution in [1.29, 1.82) is 0 Å². The largest absolute Gasteiger partial charge is 0.488 e. The first-order valence-corrected chi connectivity index (χ1v) is 6.91. The van der Waals surface area contributed by atoms with Gasteiger partial charge in [0, 0.05) is 12.5 Å². The molecule has 2 aromatic rings. The van der Waals surface area contributed by atoms with E-state index in [4.69, 9.17) is 14.9 Å². The zero-order valence-electron chi connectivity index (χ0n) is 12.2. The second kappa shape index (κ2) is 7.40. The SMILES string of the molecule is O=C(O)CCc1ccc(COc2cc(F)ccc2C(=O)O)cc1. The molecule has 0 unspecified atom stereocenters. The summed E-state index contributed by atoms with van der Waals surface area (Å²) in [5.74, 6) is -2.66. The maximum atomic E-state index is 13.2. The van der Waals surface area contributed by atoms with Crippen molar-refractivity contribution in [3.05, 3.63) is 65.0 Å². The standard InChI is InChI=1S/C17H15FO5/c18-13-6-7-14(17(21)22)15(9-13)23-10-12-3-1-11(2-4-12)5-8-16(19)20/h1-4,6-7,9H,5,8,10H2,(H,19,20)(H,21,22). The lowest BCUT2D eigenvalue weighted by molar-refractivity contribution is -0.136. The number of aliphatic carboxylic acids is 1. The second-order valence-corrected chi connectivity index (χ2v) is 4.94. The molecule has 0 bridgehead atoms. The number of aryl methyl sites for hydroxylation is 1. The number of carbonyl (C=O) groups is 2. The molecule has 0 fully saturated rings. The van der Waals surface area contributed by atoms with E-state index >= 15 is 0 Å². The van der Waals surface area contributed by atoms with Gasteiger partial charge in [-0.3, -0.25) is 4.79 Å². The molecule has 0 atom stereocenters. The lowest BCUT2D eigenvalue weighted by Gasteiger charge is -2.10. The Morgan fingerprint density at radius 3 is 2.26 bits per heavy atom. The average Bonchev–Trinajstić information content (AvgIpc) is 2.51. The zero-order chi connectivity index (χ0) is 16.8. The van der Waals surface area contributed by atoms with Crippen molar-refractivity contribution >= 4 is 11.9 Å². The number of rotatable bonds is 7. The van der Waals surface area contributed by atoms with Crippen molar-refractivity contribution in [2.24, 2.45) is 0 Å². The van der Waals surface area contributed by atoms with Crippen LogP contribution in [0.4, 0.5) is 4.39 Å². The monoisotopic (exact) mass is 318 g/mol. The highest BCUT2D eigenvalue weighted by Gasteiger charge is 2.12. The van der Waals surface area contributed by atoms with Gasteiger partial charge in [-0.2, -0.15) is 0 Å². The van der Waals surface area contributed by atoms with Crippen LogP contribution in [0.25, 0.3) is 0 Å². The number of carboxylic acids is 2. The Bertz CT molecular complexity index is 709. The van der Waals surface area contributed by atoms with Gasteiger partial charge in [0.05, 0.1) is 0 Å². The third-order valence-electron chi connectivity index (χ3n) is 3.22. The number of hydrogen-bond donors (Lipinski definition) is 2. The van der Waals surface area contributed by atoms with Crippen molar-refractivity contribution < 1.29 is 28.9 Å². The Morgan fingerprint density at radius 1 is 1.00 bits per heavy atom. The molecule has 6 heteroatoms. The molecule has 23 heavy (non-hydrogen) atoms. The number of carboxylic acid groups (broad SMARTS) is 2. The Balaban J connectivity index is 2.02. The van der Waals surface area contributed by atoms with Crippen LogP contribution in [0.2, 0.25) is 0 Å². The van der Waals surface area contributed by atoms with Gasteiger partial charge in [0.2, 0.25) is 0 Å². The quantitative estimate of drug-likeness (QED) is 0.819. The zero-order valence-corrected chi connectivity index (χ0v) is 12.2. The molecular weight excluding hydrogens is 303 g/mol. The smallest absolute Gasteiger partial charge is 0.339 e. The average molecular weight is 318 g/mol. The van der Waals surface area contributed by atoms with Crippen LogP contribution in [0.5, 0.6) is 5.75 Å². The van der Waals surface area contributed by atoms with Crippen molar-refractivity contribution in [3.63, 3.8) is 0 Å². The number of benzene rings is 2. The molecule has 5 nitrogen and oxygen atoms in total. The van der Waals surface area contributed by atoms with E-state index in [1.807, 2.05) is 0 Å². The number of aromatic carboxylic acids is 1. The van der Waals surface area contributed by atoms with Gasteiger partial charge in [-0.15, -0.1) is 0 Å². The van der Waals surface area contributed by atoms with Gasteiger partial charge in [0.15, 0.2) is 0 Å². The fraction of sp³-hybridized carbons (Fsp3) is 0.176. The van der Waals surface area contributed by atoms with Gasteiger partial charge < -0.3 is 14.9 Å². The minimum absolute atomic E-state index is 0.0348. The number of ether oxygens (including phenoxy) is 1. The van der Waals surface area contributed by atoms with Gasteiger partial charge in [-0.1, -0.05) is 24.3 Å². The Labute approximate surface area is 132 Å². The molecule has 0 spiro atoms. The van der Waals surface area contributed by atoms with Crippen LogP contribution < -0.4 is 4.74 Å². The van der Waals surface area contributed by atoms with Gasteiger partial charge in [0.1, 0.15) is 23.7 Å². The van der Waals surface area contributed by atoms with Crippen LogP contribution in [0, 0.1) is 5.82 Å². The summed E-state index contributed by atoms with van der Waals surface area (Å²) in [7, 11) is 0. The molecule has 0 aliphatic rings. The normalized spacial score (nSPS) is 10.3. The molecule has 0 radical (unpaired) electrons. The lowest BCUT2D eigenvalue weighted by Crippen LogP contribution is -2.04. The fourth-order valence-corrected chi connectivity index (χ4v) is 2.01. The first kappa shape index (κ1) is 16.5. The molecule has 2 N–H and O–H groups in total. The van der Waals surface area contributed by atoms with E-state index in [1.165, 1.54) is 0 Å². The third kappa shape index (κ3) is 4.81. The summed E-state index contributed by atoms with van der Waals surface area (Å²) in [6.45, 7) is 0.0863. The molecule has 0 saturated heterocycles. The van der Waals surface area contributed by atoms with E-state index < -0.39 is 17.8 Å². The van der Waals surface area contributed by atoms with E-state index in [1.54, 1.807) is 24.3 Å². The summed E-state index contributed by atoms with van der Waals surface area (Å²) < 4.78 is 18.6. The van der Waals surface area contributed by atoms with Crippen molar-refractivity contribution in [1.82, 2.24) is 0 Å². The Kier molecular flexibility index (Phi) is 5.30. The third-order valence-corrected chi connectivity index (χ3v) is 3.22. The lowest BCUT2D eigenvalue weighted by atomic mass is 10.1. The fourth-order valence-electron chi connectivity index (χ4n) is 2.01. The first-order valence-electron chi connectivity index (χ1n) is 6.91. The molecule has 2 aromatic carbocycles. The number of halogens is 1. The molecule has 0 aliphatic heterocycles. The minimum Gasteiger partial charge on any atom is -0.488 e. The van der Waals surface area contributed by atoms with Crippen LogP contribution in [-0.2, 0) is 17.8 Å². The predicted octanol–water partition coefficient (Wildman–Crippen LogP) is 3.12. The van der Waals surface area contributed by atoms with Crippen LogP contribution in [0.15, 0.2) is 42.5 Å². The number of hydrogen-bond acceptors (Lipinski definition) is 3. The highest BCUT2D eigenvalue weighted by molar-refractivity contribution is 5.90. The van der Waals surface area contributed by atoms with Crippen LogP contribution in [0.1, 0.15) is 27.9 Å². The van der Waals surface area contributed by atoms with E-state index in [2.05, 4.69) is 0 Å². The van der Waals surface area contributed by atoms with Gasteiger partial charge >= 0.3 is 11.9 Å². The molecule has 0 saturated carbocycles. The van der Waals surface area contributed by atoms with E-state index in [0.717, 1.165) is 29.3 Å². The second-order valence-electron chi connectivity index (χ2n) is 4.94. The minimum atomic E-state index is -1.19. The first-order chi connectivity index (χ1) is 11.0. The topological polar surface area (TPSA) is 83.8 Å². The predicted molar refractivity (Wildman–Crippen MR) is 80.1 cm³/mol. The van der Waals surface area contributed by atoms with Gasteiger partial charge in [0.25, 0.3) is 0 Å². The highest BCUT2D eigenvalue weighted by Crippen LogP contribution is 2.21. The molecular formula is C17H15FO5. The van der Waals surface area contributed by atoms with Crippen LogP contribution >= 0.6 is 0 Å². The van der Waals surface area contributed by atoms with Gasteiger partial charge in [-0.05, 0) is 29.7 Å². The summed E-state index contributed by atoms with van der Waals surface area (Å²) in [6, 6.07) is 10.3. The van der Waals surface area contributed by atoms with E-state index in [0.29, 0.717) is 6.42 Å². The van der Waals surface area contributed by atoms with Crippen molar-refractivity contribution in [2.45, 2.75) is 19.4 Å². The van der Waals surface area contributed by atoms with Crippen molar-refractivity contribution in [3.8, 4) is 5.75 Å². The maximum absolute atomic E-state index is 13.2. The highest BCUT2D eigenvalue weighted by atomic mass is 19.1. The van der Waals surface area contributed by atoms with Crippen LogP contribution in [-0.4, -0.2) is 22.2 Å². The Hall–Kier alpha value is -2.89. The van der Waals surface area contributed by atoms with Gasteiger partial charge in [-0.25, -0.2) is 9.18 Å². The van der Waals surface area contributed by atoms with Crippen LogP contribution in [0.3, 0.4) is 0 Å². The summed E-state index contributed by atoms with van der Waals surface area (Å²) >= 11 is 0. The maximum Gasteiger partial charge on any atom is 0.339 e. The summed E-state index contributed by atoms with van der Waals surface area (Å²) in [4.78, 5) is 21.6. The summed E-state index contributed by atoms with van der Waals surface area (Å²) in [6.07, 6.45) is 0.491. The van der Waals surface area contributed by atoms with Crippen molar-refractivity contribution in [2.75, 3.05) is 0 Å². The molecule has 0 amide bonds. The molecule has 0 heterocycles. The molecule has 0 aliphatic carbocycles. The molecule has 0 aromatic heterocycles. The summed E-state index contributed by atoms with van der Waals surface area (Å²) in [5.41, 5.74) is 1.54. The summed E-state index contributed by atoms with van der Waals surface area (Å²) in [5, 5.41) is 17.7. The van der Waals surface area contributed by atoms with E-state index in [9.17, 15) is 14.0 Å². The molecule has 2 rings (SSSR count).